The standard InChI is InChI=1S/C21H24N6O2.CH2O2/c1-3-12-8-17-14(9-19(12)29-2)18(10-22-24-17)27-7-6-16-15(11-27)20(26-25-16)21(28)23-13-4-5-13;2-1-3/h8-10,13H,3-7,11H2,1-2H3,(H,23,28)(H,25,26);1H,(H,2,3). The number of anilines is 1. The van der Waals surface area contributed by atoms with Crippen LogP contribution in [0.25, 0.3) is 10.9 Å². The molecular weight excluding hydrogens is 412 g/mol. The van der Waals surface area contributed by atoms with Crippen molar-refractivity contribution < 1.29 is 19.4 Å². The number of carbonyl (C=O) groups excluding carboxylic acids is 1. The molecule has 1 saturated carbocycles. The van der Waals surface area contributed by atoms with Crippen molar-refractivity contribution in [1.29, 1.82) is 0 Å². The number of carbonyl (C=O) groups is 2. The lowest BCUT2D eigenvalue weighted by Gasteiger charge is -2.29. The molecule has 0 radical (unpaired) electrons. The first-order valence-corrected chi connectivity index (χ1v) is 10.6. The Balaban J connectivity index is 0.000000775. The summed E-state index contributed by atoms with van der Waals surface area (Å²) in [5, 5.41) is 26.9. The molecule has 10 heteroatoms. The SMILES string of the molecule is CCc1cc2nncc(N3CCc4[nH]nc(C(=O)NC5CC5)c4C3)c2cc1OC.O=CO. The Hall–Kier alpha value is -3.69. The zero-order valence-electron chi connectivity index (χ0n) is 18.1. The lowest BCUT2D eigenvalue weighted by Crippen LogP contribution is -2.33. The second kappa shape index (κ2) is 9.21. The minimum Gasteiger partial charge on any atom is -0.496 e. The highest BCUT2D eigenvalue weighted by atomic mass is 16.5. The third-order valence-electron chi connectivity index (χ3n) is 5.80. The molecule has 0 spiro atoms. The van der Waals surface area contributed by atoms with E-state index in [-0.39, 0.29) is 12.4 Å². The number of aromatic amines is 1. The van der Waals surface area contributed by atoms with E-state index < -0.39 is 0 Å². The minimum absolute atomic E-state index is 0.0844. The Morgan fingerprint density at radius 3 is 2.88 bits per heavy atom. The van der Waals surface area contributed by atoms with Crippen LogP contribution in [-0.2, 0) is 24.2 Å². The fourth-order valence-electron chi connectivity index (χ4n) is 4.00. The van der Waals surface area contributed by atoms with E-state index in [1.165, 1.54) is 0 Å². The summed E-state index contributed by atoms with van der Waals surface area (Å²) in [6.07, 6.45) is 5.57. The van der Waals surface area contributed by atoms with Gasteiger partial charge in [-0.3, -0.25) is 14.7 Å². The van der Waals surface area contributed by atoms with E-state index in [1.54, 1.807) is 13.3 Å². The number of ether oxygens (including phenoxy) is 1. The first kappa shape index (κ1) is 21.5. The number of H-pyrrole nitrogens is 1. The molecule has 32 heavy (non-hydrogen) atoms. The normalized spacial score (nSPS) is 14.9. The summed E-state index contributed by atoms with van der Waals surface area (Å²) in [4.78, 5) is 23.2. The highest BCUT2D eigenvalue weighted by molar-refractivity contribution is 5.95. The minimum atomic E-state index is -0.250. The van der Waals surface area contributed by atoms with Gasteiger partial charge in [-0.05, 0) is 37.0 Å². The molecule has 3 heterocycles. The Morgan fingerprint density at radius 2 is 2.19 bits per heavy atom. The number of carboxylic acid groups (broad SMARTS) is 1. The molecule has 0 atom stereocenters. The molecule has 168 valence electrons. The van der Waals surface area contributed by atoms with Crippen LogP contribution in [0.1, 0.15) is 47.1 Å². The molecule has 1 fully saturated rings. The number of rotatable bonds is 5. The number of benzene rings is 1. The van der Waals surface area contributed by atoms with E-state index in [0.717, 1.165) is 71.4 Å². The van der Waals surface area contributed by atoms with Crippen molar-refractivity contribution in [2.75, 3.05) is 18.6 Å². The summed E-state index contributed by atoms with van der Waals surface area (Å²) in [6, 6.07) is 4.40. The van der Waals surface area contributed by atoms with Gasteiger partial charge < -0.3 is 20.1 Å². The van der Waals surface area contributed by atoms with Gasteiger partial charge in [-0.25, -0.2) is 0 Å². The summed E-state index contributed by atoms with van der Waals surface area (Å²) >= 11 is 0. The quantitative estimate of drug-likeness (QED) is 0.516. The van der Waals surface area contributed by atoms with Crippen LogP contribution in [0.15, 0.2) is 18.3 Å². The number of amides is 1. The predicted octanol–water partition coefficient (Wildman–Crippen LogP) is 2.08. The lowest BCUT2D eigenvalue weighted by atomic mass is 10.0. The van der Waals surface area contributed by atoms with Crippen LogP contribution >= 0.6 is 0 Å². The number of nitrogens with zero attached hydrogens (tertiary/aromatic N) is 4. The molecular formula is C22H26N6O4. The molecule has 10 nitrogen and oxygen atoms in total. The second-order valence-electron chi connectivity index (χ2n) is 7.82. The van der Waals surface area contributed by atoms with Crippen molar-refractivity contribution in [2.45, 2.75) is 45.2 Å². The molecule has 3 N–H and O–H groups in total. The zero-order valence-corrected chi connectivity index (χ0v) is 18.1. The van der Waals surface area contributed by atoms with Gasteiger partial charge >= 0.3 is 0 Å². The summed E-state index contributed by atoms with van der Waals surface area (Å²) in [6.45, 7) is 3.27. The average molecular weight is 438 g/mol. The Bertz CT molecular complexity index is 1140. The molecule has 5 rings (SSSR count). The van der Waals surface area contributed by atoms with Gasteiger partial charge in [0.25, 0.3) is 12.4 Å². The maximum Gasteiger partial charge on any atom is 0.290 e. The molecule has 1 aromatic carbocycles. The van der Waals surface area contributed by atoms with Crippen molar-refractivity contribution in [3.05, 3.63) is 40.8 Å². The van der Waals surface area contributed by atoms with Crippen LogP contribution in [0.2, 0.25) is 0 Å². The first-order valence-electron chi connectivity index (χ1n) is 10.6. The third kappa shape index (κ3) is 4.20. The molecule has 0 saturated heterocycles. The molecule has 3 aromatic rings. The largest absolute Gasteiger partial charge is 0.496 e. The number of methoxy groups -OCH3 is 1. The summed E-state index contributed by atoms with van der Waals surface area (Å²) in [5.41, 5.74) is 5.48. The molecule has 2 aliphatic rings. The highest BCUT2D eigenvalue weighted by Crippen LogP contribution is 2.34. The van der Waals surface area contributed by atoms with Crippen LogP contribution in [0.3, 0.4) is 0 Å². The van der Waals surface area contributed by atoms with Gasteiger partial charge in [0, 0.05) is 42.2 Å². The van der Waals surface area contributed by atoms with Crippen molar-refractivity contribution in [2.24, 2.45) is 0 Å². The van der Waals surface area contributed by atoms with Gasteiger partial charge in [0.15, 0.2) is 5.69 Å². The maximum absolute atomic E-state index is 12.6. The lowest BCUT2D eigenvalue weighted by molar-refractivity contribution is -0.122. The van der Waals surface area contributed by atoms with Gasteiger partial charge in [0.2, 0.25) is 0 Å². The molecule has 1 aliphatic carbocycles. The Labute approximate surface area is 185 Å². The summed E-state index contributed by atoms with van der Waals surface area (Å²) in [7, 11) is 1.69. The van der Waals surface area contributed by atoms with E-state index in [1.807, 2.05) is 12.1 Å². The maximum atomic E-state index is 12.6. The van der Waals surface area contributed by atoms with Crippen molar-refractivity contribution in [3.63, 3.8) is 0 Å². The average Bonchev–Trinajstić information content (AvgIpc) is 3.52. The van der Waals surface area contributed by atoms with Crippen molar-refractivity contribution >= 4 is 29.0 Å². The monoisotopic (exact) mass is 438 g/mol. The van der Waals surface area contributed by atoms with E-state index in [0.29, 0.717) is 18.3 Å². The first-order chi connectivity index (χ1) is 15.6. The molecule has 2 aromatic heterocycles. The van der Waals surface area contributed by atoms with Gasteiger partial charge in [0.05, 0.1) is 24.5 Å². The van der Waals surface area contributed by atoms with E-state index >= 15 is 0 Å². The van der Waals surface area contributed by atoms with Gasteiger partial charge in [-0.2, -0.15) is 15.3 Å². The molecule has 0 bridgehead atoms. The number of nitrogens with one attached hydrogen (secondary N) is 2. The van der Waals surface area contributed by atoms with E-state index in [4.69, 9.17) is 14.6 Å². The van der Waals surface area contributed by atoms with Gasteiger partial charge in [-0.15, -0.1) is 0 Å². The van der Waals surface area contributed by atoms with Gasteiger partial charge in [0.1, 0.15) is 5.75 Å². The zero-order chi connectivity index (χ0) is 22.7. The summed E-state index contributed by atoms with van der Waals surface area (Å²) in [5.74, 6) is 0.776. The smallest absolute Gasteiger partial charge is 0.290 e. The van der Waals surface area contributed by atoms with Crippen molar-refractivity contribution in [1.82, 2.24) is 25.7 Å². The molecule has 1 amide bonds. The number of hydrogen-bond donors (Lipinski definition) is 3. The Morgan fingerprint density at radius 1 is 1.41 bits per heavy atom. The van der Waals surface area contributed by atoms with Crippen LogP contribution in [0.5, 0.6) is 5.75 Å². The van der Waals surface area contributed by atoms with Crippen LogP contribution in [0.4, 0.5) is 5.69 Å². The predicted molar refractivity (Wildman–Crippen MR) is 118 cm³/mol. The fourth-order valence-corrected chi connectivity index (χ4v) is 4.00. The summed E-state index contributed by atoms with van der Waals surface area (Å²) < 4.78 is 5.59. The molecule has 0 unspecified atom stereocenters. The number of aromatic nitrogens is 4. The fraction of sp³-hybridized carbons (Fsp3) is 0.409. The number of fused-ring (bicyclic) bond motifs is 2. The third-order valence-corrected chi connectivity index (χ3v) is 5.80. The van der Waals surface area contributed by atoms with E-state index in [2.05, 4.69) is 37.5 Å². The van der Waals surface area contributed by atoms with Crippen molar-refractivity contribution in [3.8, 4) is 5.75 Å². The topological polar surface area (TPSA) is 133 Å². The molecule has 1 aliphatic heterocycles. The number of aryl methyl sites for hydroxylation is 1. The van der Waals surface area contributed by atoms with Crippen LogP contribution in [-0.4, -0.2) is 57.6 Å². The van der Waals surface area contributed by atoms with E-state index in [9.17, 15) is 4.79 Å². The Kier molecular flexibility index (Phi) is 6.20. The highest BCUT2D eigenvalue weighted by Gasteiger charge is 2.30. The van der Waals surface area contributed by atoms with Gasteiger partial charge in [-0.1, -0.05) is 6.92 Å². The second-order valence-corrected chi connectivity index (χ2v) is 7.82. The van der Waals surface area contributed by atoms with Crippen LogP contribution in [0, 0.1) is 0 Å². The van der Waals surface area contributed by atoms with Crippen LogP contribution < -0.4 is 15.0 Å². The number of hydrogen-bond acceptors (Lipinski definition) is 7.